The van der Waals surface area contributed by atoms with E-state index in [-0.39, 0.29) is 5.75 Å². The zero-order chi connectivity index (χ0) is 17.7. The second-order valence-corrected chi connectivity index (χ2v) is 8.16. The Morgan fingerprint density at radius 3 is 2.48 bits per heavy atom. The summed E-state index contributed by atoms with van der Waals surface area (Å²) in [5.41, 5.74) is 2.56. The van der Waals surface area contributed by atoms with E-state index in [1.807, 2.05) is 42.5 Å². The van der Waals surface area contributed by atoms with Crippen LogP contribution in [0.2, 0.25) is 0 Å². The van der Waals surface area contributed by atoms with Crippen molar-refractivity contribution in [2.24, 2.45) is 0 Å². The topological polar surface area (TPSA) is 96.9 Å². The molecule has 2 heterocycles. The number of sulfonamides is 1. The summed E-state index contributed by atoms with van der Waals surface area (Å²) in [4.78, 5) is 4.25. The molecule has 0 aliphatic rings. The van der Waals surface area contributed by atoms with Crippen LogP contribution in [0.15, 0.2) is 48.7 Å². The standard InChI is InChI=1S/C16H17N5O2S2/c1-17-25(22,23)11-13-7-5-12(6-8-13)10-19-16-21-20-15(24-16)14-4-2-3-9-18-14/h2-9,17H,10-11H2,1H3,(H,19,21). The van der Waals surface area contributed by atoms with Crippen molar-refractivity contribution in [3.8, 4) is 10.7 Å². The molecule has 2 N–H and O–H groups in total. The van der Waals surface area contributed by atoms with Crippen LogP contribution in [0.3, 0.4) is 0 Å². The van der Waals surface area contributed by atoms with Crippen molar-refractivity contribution in [3.63, 3.8) is 0 Å². The van der Waals surface area contributed by atoms with E-state index in [1.165, 1.54) is 18.4 Å². The summed E-state index contributed by atoms with van der Waals surface area (Å²) in [6.07, 6.45) is 1.72. The van der Waals surface area contributed by atoms with Crippen LogP contribution in [0.1, 0.15) is 11.1 Å². The van der Waals surface area contributed by atoms with Gasteiger partial charge in [-0.25, -0.2) is 13.1 Å². The van der Waals surface area contributed by atoms with Gasteiger partial charge >= 0.3 is 0 Å². The zero-order valence-corrected chi connectivity index (χ0v) is 15.1. The molecule has 7 nitrogen and oxygen atoms in total. The second-order valence-electron chi connectivity index (χ2n) is 5.26. The van der Waals surface area contributed by atoms with Gasteiger partial charge in [0.2, 0.25) is 15.2 Å². The van der Waals surface area contributed by atoms with Gasteiger partial charge in [0.25, 0.3) is 0 Å². The summed E-state index contributed by atoms with van der Waals surface area (Å²) in [6.45, 7) is 0.579. The van der Waals surface area contributed by atoms with Crippen LogP contribution in [0, 0.1) is 0 Å². The normalized spacial score (nSPS) is 11.4. The second kappa shape index (κ2) is 7.68. The molecule has 0 atom stereocenters. The first-order valence-corrected chi connectivity index (χ1v) is 10.0. The molecule has 0 bridgehead atoms. The fraction of sp³-hybridized carbons (Fsp3) is 0.188. The molecule has 0 amide bonds. The number of aromatic nitrogens is 3. The van der Waals surface area contributed by atoms with E-state index in [4.69, 9.17) is 0 Å². The molecule has 0 spiro atoms. The van der Waals surface area contributed by atoms with Crippen LogP contribution in [0.4, 0.5) is 5.13 Å². The molecule has 0 aliphatic heterocycles. The van der Waals surface area contributed by atoms with E-state index in [1.54, 1.807) is 6.20 Å². The number of benzene rings is 1. The van der Waals surface area contributed by atoms with Crippen LogP contribution in [-0.4, -0.2) is 30.6 Å². The number of nitrogens with zero attached hydrogens (tertiary/aromatic N) is 3. The Bertz CT molecular complexity index is 925. The van der Waals surface area contributed by atoms with E-state index < -0.39 is 10.0 Å². The Morgan fingerprint density at radius 2 is 1.80 bits per heavy atom. The molecule has 3 aromatic rings. The lowest BCUT2D eigenvalue weighted by Crippen LogP contribution is -2.20. The van der Waals surface area contributed by atoms with Gasteiger partial charge in [-0.2, -0.15) is 0 Å². The SMILES string of the molecule is CNS(=O)(=O)Cc1ccc(CNc2nnc(-c3ccccn3)s2)cc1. The maximum Gasteiger partial charge on any atom is 0.215 e. The molecule has 0 saturated heterocycles. The Balaban J connectivity index is 1.60. The summed E-state index contributed by atoms with van der Waals surface area (Å²) in [7, 11) is -1.84. The highest BCUT2D eigenvalue weighted by Crippen LogP contribution is 2.24. The molecule has 0 unspecified atom stereocenters. The maximum atomic E-state index is 11.5. The van der Waals surface area contributed by atoms with Crippen LogP contribution in [0.5, 0.6) is 0 Å². The quantitative estimate of drug-likeness (QED) is 0.657. The predicted molar refractivity (Wildman–Crippen MR) is 98.6 cm³/mol. The van der Waals surface area contributed by atoms with Crippen molar-refractivity contribution >= 4 is 26.5 Å². The largest absolute Gasteiger partial charge is 0.356 e. The molecular weight excluding hydrogens is 358 g/mol. The van der Waals surface area contributed by atoms with Gasteiger partial charge in [0, 0.05) is 12.7 Å². The predicted octanol–water partition coefficient (Wildman–Crippen LogP) is 2.26. The molecule has 0 radical (unpaired) electrons. The van der Waals surface area contributed by atoms with Crippen LogP contribution in [0.25, 0.3) is 10.7 Å². The lowest BCUT2D eigenvalue weighted by Gasteiger charge is -2.05. The number of anilines is 1. The number of hydrogen-bond donors (Lipinski definition) is 2. The van der Waals surface area contributed by atoms with Gasteiger partial charge in [-0.3, -0.25) is 4.98 Å². The molecule has 0 fully saturated rings. The number of hydrogen-bond acceptors (Lipinski definition) is 7. The highest BCUT2D eigenvalue weighted by Gasteiger charge is 2.09. The van der Waals surface area contributed by atoms with Crippen molar-refractivity contribution in [3.05, 3.63) is 59.8 Å². The van der Waals surface area contributed by atoms with Crippen molar-refractivity contribution in [1.29, 1.82) is 0 Å². The minimum Gasteiger partial charge on any atom is -0.356 e. The van der Waals surface area contributed by atoms with Gasteiger partial charge in [0.15, 0.2) is 5.01 Å². The number of nitrogens with one attached hydrogen (secondary N) is 2. The summed E-state index contributed by atoms with van der Waals surface area (Å²) in [6, 6.07) is 13.1. The van der Waals surface area contributed by atoms with Gasteiger partial charge in [-0.1, -0.05) is 41.7 Å². The average Bonchev–Trinajstić information content (AvgIpc) is 3.11. The molecule has 1 aromatic carbocycles. The van der Waals surface area contributed by atoms with E-state index in [2.05, 4.69) is 25.2 Å². The van der Waals surface area contributed by atoms with E-state index >= 15 is 0 Å². The highest BCUT2D eigenvalue weighted by molar-refractivity contribution is 7.88. The molecule has 25 heavy (non-hydrogen) atoms. The molecule has 3 rings (SSSR count). The van der Waals surface area contributed by atoms with Crippen LogP contribution >= 0.6 is 11.3 Å². The molecular formula is C16H17N5O2S2. The van der Waals surface area contributed by atoms with Gasteiger partial charge in [-0.15, -0.1) is 10.2 Å². The lowest BCUT2D eigenvalue weighted by atomic mass is 10.1. The van der Waals surface area contributed by atoms with Crippen molar-refractivity contribution in [2.45, 2.75) is 12.3 Å². The highest BCUT2D eigenvalue weighted by atomic mass is 32.2. The zero-order valence-electron chi connectivity index (χ0n) is 13.5. The monoisotopic (exact) mass is 375 g/mol. The van der Waals surface area contributed by atoms with Gasteiger partial charge < -0.3 is 5.32 Å². The van der Waals surface area contributed by atoms with Gasteiger partial charge in [0.05, 0.1) is 5.75 Å². The minimum atomic E-state index is -3.25. The van der Waals surface area contributed by atoms with Crippen molar-refractivity contribution in [2.75, 3.05) is 12.4 Å². The summed E-state index contributed by atoms with van der Waals surface area (Å²) in [5, 5.41) is 12.9. The Labute approximate surface area is 150 Å². The third kappa shape index (κ3) is 4.81. The van der Waals surface area contributed by atoms with Crippen molar-refractivity contribution in [1.82, 2.24) is 19.9 Å². The molecule has 130 valence electrons. The minimum absolute atomic E-state index is 0.0267. The van der Waals surface area contributed by atoms with E-state index in [0.29, 0.717) is 11.7 Å². The average molecular weight is 375 g/mol. The van der Waals surface area contributed by atoms with Crippen LogP contribution < -0.4 is 10.0 Å². The first-order valence-electron chi connectivity index (χ1n) is 7.53. The van der Waals surface area contributed by atoms with Crippen molar-refractivity contribution < 1.29 is 8.42 Å². The first kappa shape index (κ1) is 17.5. The summed E-state index contributed by atoms with van der Waals surface area (Å²) in [5.74, 6) is -0.0267. The smallest absolute Gasteiger partial charge is 0.215 e. The van der Waals surface area contributed by atoms with E-state index in [0.717, 1.165) is 21.8 Å². The third-order valence-corrected chi connectivity index (χ3v) is 5.68. The lowest BCUT2D eigenvalue weighted by molar-refractivity contribution is 0.587. The fourth-order valence-corrected chi connectivity index (χ4v) is 3.60. The Hall–Kier alpha value is -2.36. The van der Waals surface area contributed by atoms with Crippen LogP contribution in [-0.2, 0) is 22.3 Å². The molecule has 9 heteroatoms. The summed E-state index contributed by atoms with van der Waals surface area (Å²) >= 11 is 1.44. The Morgan fingerprint density at radius 1 is 1.04 bits per heavy atom. The Kier molecular flexibility index (Phi) is 5.37. The molecule has 0 aliphatic carbocycles. The molecule has 0 saturated carbocycles. The van der Waals surface area contributed by atoms with E-state index in [9.17, 15) is 8.42 Å². The number of rotatable bonds is 7. The fourth-order valence-electron chi connectivity index (χ4n) is 2.11. The van der Waals surface area contributed by atoms with Gasteiger partial charge in [0.1, 0.15) is 5.69 Å². The van der Waals surface area contributed by atoms with Gasteiger partial charge in [-0.05, 0) is 30.3 Å². The third-order valence-electron chi connectivity index (χ3n) is 3.44. The number of pyridine rings is 1. The maximum absolute atomic E-state index is 11.5. The summed E-state index contributed by atoms with van der Waals surface area (Å²) < 4.78 is 25.4. The first-order chi connectivity index (χ1) is 12.1. The molecule has 2 aromatic heterocycles.